The molecule has 2 aromatic rings. The van der Waals surface area contributed by atoms with E-state index in [-0.39, 0.29) is 49.1 Å². The van der Waals surface area contributed by atoms with Crippen molar-refractivity contribution < 1.29 is 38.1 Å². The molecule has 11 nitrogen and oxygen atoms in total. The Labute approximate surface area is 208 Å². The highest BCUT2D eigenvalue weighted by molar-refractivity contribution is 6.21. The van der Waals surface area contributed by atoms with Crippen LogP contribution in [0.2, 0.25) is 0 Å². The van der Waals surface area contributed by atoms with Gasteiger partial charge in [0.25, 0.3) is 11.8 Å². The molecule has 3 rings (SSSR count). The summed E-state index contributed by atoms with van der Waals surface area (Å²) >= 11 is 0. The average molecular weight is 498 g/mol. The molecule has 2 amide bonds. The zero-order chi connectivity index (χ0) is 26.2. The van der Waals surface area contributed by atoms with Crippen LogP contribution in [0, 0.1) is 0 Å². The van der Waals surface area contributed by atoms with Crippen LogP contribution < -0.4 is 9.47 Å². The summed E-state index contributed by atoms with van der Waals surface area (Å²) in [4.78, 5) is 51.1. The highest BCUT2D eigenvalue weighted by Gasteiger charge is 2.35. The Morgan fingerprint density at radius 3 is 2.14 bits per heavy atom. The summed E-state index contributed by atoms with van der Waals surface area (Å²) in [6, 6.07) is 8.42. The van der Waals surface area contributed by atoms with E-state index in [4.69, 9.17) is 18.9 Å². The predicted molar refractivity (Wildman–Crippen MR) is 127 cm³/mol. The molecule has 190 valence electrons. The molecule has 1 aliphatic rings. The number of benzene rings is 2. The number of imide groups is 1. The van der Waals surface area contributed by atoms with Crippen molar-refractivity contribution in [2.45, 2.75) is 25.8 Å². The van der Waals surface area contributed by atoms with Crippen molar-refractivity contribution in [1.82, 2.24) is 4.90 Å². The number of nitrogens with zero attached hydrogens (tertiary/aromatic N) is 3. The van der Waals surface area contributed by atoms with E-state index in [1.54, 1.807) is 31.2 Å². The molecule has 0 aliphatic carbocycles. The van der Waals surface area contributed by atoms with Gasteiger partial charge < -0.3 is 18.9 Å². The molecule has 1 heterocycles. The Morgan fingerprint density at radius 1 is 0.972 bits per heavy atom. The van der Waals surface area contributed by atoms with Crippen LogP contribution in [0.25, 0.3) is 0 Å². The molecule has 0 radical (unpaired) electrons. The lowest BCUT2D eigenvalue weighted by atomic mass is 10.1. The first-order valence-electron chi connectivity index (χ1n) is 11.2. The summed E-state index contributed by atoms with van der Waals surface area (Å²) in [5.41, 5.74) is 0.877. The Bertz CT molecular complexity index is 1160. The quantitative estimate of drug-likeness (QED) is 0.261. The van der Waals surface area contributed by atoms with E-state index in [0.29, 0.717) is 22.6 Å². The second-order valence-corrected chi connectivity index (χ2v) is 7.65. The highest BCUT2D eigenvalue weighted by atomic mass is 16.5. The monoisotopic (exact) mass is 497 g/mol. The molecule has 2 aromatic carbocycles. The van der Waals surface area contributed by atoms with E-state index in [9.17, 15) is 19.2 Å². The van der Waals surface area contributed by atoms with Crippen molar-refractivity contribution in [3.8, 4) is 11.5 Å². The molecule has 0 saturated heterocycles. The maximum atomic E-state index is 12.6. The summed E-state index contributed by atoms with van der Waals surface area (Å²) in [6.07, 6.45) is 0.431. The fourth-order valence-corrected chi connectivity index (χ4v) is 3.70. The Kier molecular flexibility index (Phi) is 8.71. The fourth-order valence-electron chi connectivity index (χ4n) is 3.70. The van der Waals surface area contributed by atoms with Gasteiger partial charge in [-0.05, 0) is 31.9 Å². The van der Waals surface area contributed by atoms with Crippen molar-refractivity contribution >= 4 is 29.4 Å². The van der Waals surface area contributed by atoms with Gasteiger partial charge in [0.05, 0.1) is 44.6 Å². The van der Waals surface area contributed by atoms with Crippen LogP contribution in [-0.4, -0.2) is 69.2 Å². The number of fused-ring (bicyclic) bond motifs is 1. The van der Waals surface area contributed by atoms with Crippen molar-refractivity contribution in [3.05, 3.63) is 53.1 Å². The number of amides is 2. The number of carbonyl (C=O) groups is 4. The normalized spacial score (nSPS) is 13.5. The van der Waals surface area contributed by atoms with Gasteiger partial charge in [-0.15, -0.1) is 0 Å². The third-order valence-corrected chi connectivity index (χ3v) is 5.51. The predicted octanol–water partition coefficient (Wildman–Crippen LogP) is 3.58. The number of carbonyl (C=O) groups excluding carboxylic acids is 4. The maximum absolute atomic E-state index is 12.6. The van der Waals surface area contributed by atoms with Gasteiger partial charge in [0, 0.05) is 18.7 Å². The van der Waals surface area contributed by atoms with E-state index in [2.05, 4.69) is 10.2 Å². The van der Waals surface area contributed by atoms with Gasteiger partial charge in [0.2, 0.25) is 0 Å². The van der Waals surface area contributed by atoms with Crippen LogP contribution in [0.4, 0.5) is 5.69 Å². The molecule has 0 saturated carbocycles. The van der Waals surface area contributed by atoms with Gasteiger partial charge in [-0.2, -0.15) is 10.2 Å². The number of azo groups is 1. The lowest BCUT2D eigenvalue weighted by molar-refractivity contribution is -0.144. The summed E-state index contributed by atoms with van der Waals surface area (Å²) in [5.74, 6) is -1.46. The van der Waals surface area contributed by atoms with Crippen LogP contribution >= 0.6 is 0 Å². The van der Waals surface area contributed by atoms with Crippen LogP contribution in [0.5, 0.6) is 11.5 Å². The molecule has 1 unspecified atom stereocenters. The minimum atomic E-state index is -1.03. The summed E-state index contributed by atoms with van der Waals surface area (Å²) in [5, 5.41) is 8.24. The zero-order valence-corrected chi connectivity index (χ0v) is 20.5. The number of hydrogen-bond donors (Lipinski definition) is 0. The first-order chi connectivity index (χ1) is 17.4. The Hall–Kier alpha value is -4.28. The van der Waals surface area contributed by atoms with Crippen molar-refractivity contribution in [2.24, 2.45) is 10.2 Å². The molecular formula is C25H27N3O8. The largest absolute Gasteiger partial charge is 0.493 e. The zero-order valence-electron chi connectivity index (χ0n) is 20.5. The van der Waals surface area contributed by atoms with Crippen LogP contribution in [0.3, 0.4) is 0 Å². The number of rotatable bonds is 11. The molecule has 0 fully saturated rings. The van der Waals surface area contributed by atoms with Crippen molar-refractivity contribution in [3.63, 3.8) is 0 Å². The van der Waals surface area contributed by atoms with E-state index >= 15 is 0 Å². The minimum Gasteiger partial charge on any atom is -0.493 e. The number of hydrogen-bond acceptors (Lipinski definition) is 10. The van der Waals surface area contributed by atoms with E-state index in [1.165, 1.54) is 33.5 Å². The number of methoxy groups -OCH3 is 3. The average Bonchev–Trinajstić information content (AvgIpc) is 3.14. The Balaban J connectivity index is 1.79. The van der Waals surface area contributed by atoms with Gasteiger partial charge in [-0.25, -0.2) is 9.59 Å². The molecule has 1 atom stereocenters. The standard InChI is InChI=1S/C25H27N3O8/c1-5-36-25(32)18(11-8-12-28-22(29)15-9-6-7-10-16(15)23(28)30)26-27-19-14-21(34-3)20(33-2)13-17(19)24(31)35-4/h6-7,9-10,13-14,18H,5,8,11-12H2,1-4H3. The molecule has 0 aromatic heterocycles. The third-order valence-electron chi connectivity index (χ3n) is 5.51. The van der Waals surface area contributed by atoms with Gasteiger partial charge in [0.1, 0.15) is 5.69 Å². The van der Waals surface area contributed by atoms with Gasteiger partial charge in [-0.3, -0.25) is 14.5 Å². The maximum Gasteiger partial charge on any atom is 0.340 e. The molecule has 11 heteroatoms. The fraction of sp³-hybridized carbons (Fsp3) is 0.360. The summed E-state index contributed by atoms with van der Waals surface area (Å²) < 4.78 is 20.4. The molecule has 0 bridgehead atoms. The smallest absolute Gasteiger partial charge is 0.340 e. The van der Waals surface area contributed by atoms with E-state index < -0.39 is 18.0 Å². The van der Waals surface area contributed by atoms with Crippen molar-refractivity contribution in [2.75, 3.05) is 34.5 Å². The number of ether oxygens (including phenoxy) is 4. The first kappa shape index (κ1) is 26.3. The van der Waals surface area contributed by atoms with Gasteiger partial charge in [0.15, 0.2) is 17.5 Å². The van der Waals surface area contributed by atoms with Crippen LogP contribution in [0.15, 0.2) is 46.6 Å². The second kappa shape index (κ2) is 11.9. The van der Waals surface area contributed by atoms with Crippen molar-refractivity contribution in [1.29, 1.82) is 0 Å². The SMILES string of the molecule is CCOC(=O)C(CCCN1C(=O)c2ccccc2C1=O)N=Nc1cc(OC)c(OC)cc1C(=O)OC. The minimum absolute atomic E-state index is 0.0625. The topological polar surface area (TPSA) is 133 Å². The highest BCUT2D eigenvalue weighted by Crippen LogP contribution is 2.35. The molecule has 0 N–H and O–H groups in total. The van der Waals surface area contributed by atoms with Gasteiger partial charge >= 0.3 is 11.9 Å². The second-order valence-electron chi connectivity index (χ2n) is 7.65. The molecule has 1 aliphatic heterocycles. The first-order valence-corrected chi connectivity index (χ1v) is 11.2. The van der Waals surface area contributed by atoms with Crippen LogP contribution in [0.1, 0.15) is 50.8 Å². The lowest BCUT2D eigenvalue weighted by Gasteiger charge is -2.15. The van der Waals surface area contributed by atoms with E-state index in [0.717, 1.165) is 4.90 Å². The molecular weight excluding hydrogens is 470 g/mol. The lowest BCUT2D eigenvalue weighted by Crippen LogP contribution is -2.32. The van der Waals surface area contributed by atoms with E-state index in [1.807, 2.05) is 0 Å². The Morgan fingerprint density at radius 2 is 1.58 bits per heavy atom. The third kappa shape index (κ3) is 5.51. The van der Waals surface area contributed by atoms with Crippen LogP contribution in [-0.2, 0) is 14.3 Å². The summed E-state index contributed by atoms with van der Waals surface area (Å²) in [6.45, 7) is 1.89. The molecule has 36 heavy (non-hydrogen) atoms. The van der Waals surface area contributed by atoms with Gasteiger partial charge in [-0.1, -0.05) is 12.1 Å². The summed E-state index contributed by atoms with van der Waals surface area (Å²) in [7, 11) is 4.07. The molecule has 0 spiro atoms. The number of esters is 2.